The van der Waals surface area contributed by atoms with E-state index < -0.39 is 22.5 Å². The van der Waals surface area contributed by atoms with Crippen molar-refractivity contribution >= 4 is 56.4 Å². The van der Waals surface area contributed by atoms with E-state index >= 15 is 0 Å². The third-order valence-corrected chi connectivity index (χ3v) is 5.84. The molecule has 0 unspecified atom stereocenters. The van der Waals surface area contributed by atoms with E-state index in [0.717, 1.165) is 17.0 Å². The highest BCUT2D eigenvalue weighted by Gasteiger charge is 2.23. The lowest BCUT2D eigenvalue weighted by Crippen LogP contribution is -2.38. The van der Waals surface area contributed by atoms with Crippen LogP contribution < -0.4 is 14.9 Å². The zero-order valence-corrected chi connectivity index (χ0v) is 19.1. The van der Waals surface area contributed by atoms with E-state index in [1.807, 2.05) is 13.8 Å². The molecule has 0 aliphatic heterocycles. The number of carbonyl (C=O) groups excluding carboxylic acids is 2. The monoisotopic (exact) mass is 471 g/mol. The van der Waals surface area contributed by atoms with Crippen LogP contribution in [0.15, 0.2) is 42.5 Å². The number of nitrogens with one attached hydrogen (secondary N) is 2. The lowest BCUT2D eigenvalue weighted by Gasteiger charge is -2.22. The number of halogens is 2. The summed E-state index contributed by atoms with van der Waals surface area (Å²) in [5.41, 5.74) is 0.719. The van der Waals surface area contributed by atoms with E-state index in [1.54, 1.807) is 24.3 Å². The second-order valence-corrected chi connectivity index (χ2v) is 9.55. The number of sulfonamides is 1. The molecule has 10 heteroatoms. The minimum atomic E-state index is -3.81. The Morgan fingerprint density at radius 2 is 1.70 bits per heavy atom. The maximum Gasteiger partial charge on any atom is 0.253 e. The topological polar surface area (TPSA) is 95.6 Å². The van der Waals surface area contributed by atoms with Gasteiger partial charge in [0.1, 0.15) is 6.54 Å². The Labute approximate surface area is 186 Å². The summed E-state index contributed by atoms with van der Waals surface area (Å²) in [6, 6.07) is 10.7. The molecule has 0 bridgehead atoms. The Morgan fingerprint density at radius 3 is 2.27 bits per heavy atom. The van der Waals surface area contributed by atoms with Gasteiger partial charge in [0, 0.05) is 16.1 Å². The molecule has 2 aromatic carbocycles. The molecule has 0 fully saturated rings. The van der Waals surface area contributed by atoms with Crippen LogP contribution in [-0.2, 0) is 14.8 Å². The molecule has 2 amide bonds. The van der Waals surface area contributed by atoms with Crippen LogP contribution in [0.25, 0.3) is 0 Å². The lowest BCUT2D eigenvalue weighted by atomic mass is 10.1. The van der Waals surface area contributed by atoms with Crippen molar-refractivity contribution < 1.29 is 18.0 Å². The fraction of sp³-hybridized carbons (Fsp3) is 0.300. The van der Waals surface area contributed by atoms with Crippen LogP contribution in [0.1, 0.15) is 30.6 Å². The Hall–Kier alpha value is -2.29. The van der Waals surface area contributed by atoms with E-state index in [4.69, 9.17) is 23.2 Å². The largest absolute Gasteiger partial charge is 0.350 e. The quantitative estimate of drug-likeness (QED) is 0.609. The van der Waals surface area contributed by atoms with Crippen molar-refractivity contribution in [2.45, 2.75) is 26.3 Å². The molecule has 30 heavy (non-hydrogen) atoms. The summed E-state index contributed by atoms with van der Waals surface area (Å²) in [5.74, 6) is -0.956. The van der Waals surface area contributed by atoms with Crippen molar-refractivity contribution in [1.29, 1.82) is 0 Å². The third kappa shape index (κ3) is 6.62. The molecule has 0 heterocycles. The molecule has 0 aromatic heterocycles. The molecule has 0 saturated heterocycles. The molecule has 0 aliphatic carbocycles. The van der Waals surface area contributed by atoms with Gasteiger partial charge in [-0.05, 0) is 43.7 Å². The summed E-state index contributed by atoms with van der Waals surface area (Å²) in [5, 5.41) is 5.92. The molecular weight excluding hydrogens is 449 g/mol. The van der Waals surface area contributed by atoms with Crippen LogP contribution in [0.4, 0.5) is 11.4 Å². The summed E-state index contributed by atoms with van der Waals surface area (Å²) in [4.78, 5) is 25.1. The maximum absolute atomic E-state index is 12.7. The number of amides is 2. The number of hydrogen-bond donors (Lipinski definition) is 2. The predicted molar refractivity (Wildman–Crippen MR) is 121 cm³/mol. The first-order chi connectivity index (χ1) is 14.0. The van der Waals surface area contributed by atoms with Crippen molar-refractivity contribution in [2.75, 3.05) is 22.4 Å². The van der Waals surface area contributed by atoms with Crippen LogP contribution in [0.2, 0.25) is 10.0 Å². The summed E-state index contributed by atoms with van der Waals surface area (Å²) < 4.78 is 25.4. The van der Waals surface area contributed by atoms with Gasteiger partial charge >= 0.3 is 0 Å². The molecule has 0 aliphatic rings. The van der Waals surface area contributed by atoms with E-state index in [1.165, 1.54) is 18.2 Å². The Morgan fingerprint density at radius 1 is 1.10 bits per heavy atom. The number of para-hydroxylation sites is 1. The lowest BCUT2D eigenvalue weighted by molar-refractivity contribution is -0.114. The summed E-state index contributed by atoms with van der Waals surface area (Å²) in [7, 11) is -3.81. The smallest absolute Gasteiger partial charge is 0.253 e. The fourth-order valence-electron chi connectivity index (χ4n) is 2.60. The van der Waals surface area contributed by atoms with E-state index in [9.17, 15) is 18.0 Å². The number of benzene rings is 2. The Balaban J connectivity index is 2.26. The average Bonchev–Trinajstić information content (AvgIpc) is 2.64. The molecule has 2 N–H and O–H groups in total. The van der Waals surface area contributed by atoms with Gasteiger partial charge in [-0.25, -0.2) is 8.42 Å². The third-order valence-electron chi connectivity index (χ3n) is 4.26. The standard InChI is InChI=1S/C20H23Cl2N3O4S/c1-4-13(2)23-20(27)17-7-5-6-8-18(17)24-19(26)12-25(30(3,28)29)16-10-14(21)9-15(22)11-16/h5-11,13H,4,12H2,1-3H3,(H,23,27)(H,24,26)/t13-/m1/s1. The molecule has 2 rings (SSSR count). The Bertz CT molecular complexity index is 1020. The molecule has 162 valence electrons. The average molecular weight is 472 g/mol. The van der Waals surface area contributed by atoms with Gasteiger partial charge in [0.25, 0.3) is 5.91 Å². The second-order valence-electron chi connectivity index (χ2n) is 6.77. The van der Waals surface area contributed by atoms with E-state index in [2.05, 4.69) is 10.6 Å². The first-order valence-corrected chi connectivity index (χ1v) is 11.7. The van der Waals surface area contributed by atoms with Crippen molar-refractivity contribution in [1.82, 2.24) is 5.32 Å². The van der Waals surface area contributed by atoms with Crippen LogP contribution >= 0.6 is 23.2 Å². The van der Waals surface area contributed by atoms with Gasteiger partial charge in [-0.2, -0.15) is 0 Å². The van der Waals surface area contributed by atoms with Crippen molar-refractivity contribution in [3.8, 4) is 0 Å². The number of hydrogen-bond acceptors (Lipinski definition) is 4. The van der Waals surface area contributed by atoms with Crippen LogP contribution in [0.5, 0.6) is 0 Å². The molecule has 1 atom stereocenters. The number of anilines is 2. The summed E-state index contributed by atoms with van der Waals surface area (Å²) >= 11 is 11.9. The van der Waals surface area contributed by atoms with Gasteiger partial charge in [-0.1, -0.05) is 42.3 Å². The maximum atomic E-state index is 12.7. The highest BCUT2D eigenvalue weighted by Crippen LogP contribution is 2.27. The summed E-state index contributed by atoms with van der Waals surface area (Å²) in [6.07, 6.45) is 1.73. The minimum Gasteiger partial charge on any atom is -0.350 e. The molecule has 7 nitrogen and oxygen atoms in total. The van der Waals surface area contributed by atoms with E-state index in [0.29, 0.717) is 0 Å². The van der Waals surface area contributed by atoms with Gasteiger partial charge in [-0.3, -0.25) is 13.9 Å². The van der Waals surface area contributed by atoms with Gasteiger partial charge in [-0.15, -0.1) is 0 Å². The Kier molecular flexibility index (Phi) is 8.11. The minimum absolute atomic E-state index is 0.0328. The van der Waals surface area contributed by atoms with E-state index in [-0.39, 0.29) is 38.9 Å². The van der Waals surface area contributed by atoms with Crippen molar-refractivity contribution in [3.05, 3.63) is 58.1 Å². The first-order valence-electron chi connectivity index (χ1n) is 9.14. The first kappa shape index (κ1) is 24.0. The zero-order valence-electron chi connectivity index (χ0n) is 16.8. The second kappa shape index (κ2) is 10.1. The van der Waals surface area contributed by atoms with Crippen LogP contribution in [-0.4, -0.2) is 39.1 Å². The predicted octanol–water partition coefficient (Wildman–Crippen LogP) is 3.93. The van der Waals surface area contributed by atoms with Gasteiger partial charge in [0.2, 0.25) is 15.9 Å². The fourth-order valence-corrected chi connectivity index (χ4v) is 3.95. The molecule has 0 radical (unpaired) electrons. The van der Waals surface area contributed by atoms with Gasteiger partial charge in [0.15, 0.2) is 0 Å². The molecule has 0 saturated carbocycles. The normalized spacial score (nSPS) is 12.2. The van der Waals surface area contributed by atoms with Crippen LogP contribution in [0, 0.1) is 0 Å². The number of rotatable bonds is 8. The zero-order chi connectivity index (χ0) is 22.5. The molecule has 0 spiro atoms. The molecule has 2 aromatic rings. The number of carbonyl (C=O) groups is 2. The SMILES string of the molecule is CC[C@@H](C)NC(=O)c1ccccc1NC(=O)CN(c1cc(Cl)cc(Cl)c1)S(C)(=O)=O. The highest BCUT2D eigenvalue weighted by atomic mass is 35.5. The van der Waals surface area contributed by atoms with Gasteiger partial charge < -0.3 is 10.6 Å². The number of nitrogens with zero attached hydrogens (tertiary/aromatic N) is 1. The van der Waals surface area contributed by atoms with Crippen LogP contribution in [0.3, 0.4) is 0 Å². The van der Waals surface area contributed by atoms with Crippen molar-refractivity contribution in [3.63, 3.8) is 0 Å². The van der Waals surface area contributed by atoms with Gasteiger partial charge in [0.05, 0.1) is 23.2 Å². The summed E-state index contributed by atoms with van der Waals surface area (Å²) in [6.45, 7) is 3.30. The molecular formula is C20H23Cl2N3O4S. The van der Waals surface area contributed by atoms with Crippen molar-refractivity contribution in [2.24, 2.45) is 0 Å². The highest BCUT2D eigenvalue weighted by molar-refractivity contribution is 7.92.